The van der Waals surface area contributed by atoms with E-state index in [2.05, 4.69) is 4.74 Å². The van der Waals surface area contributed by atoms with Crippen molar-refractivity contribution in [1.29, 1.82) is 0 Å². The van der Waals surface area contributed by atoms with Crippen LogP contribution in [0.5, 0.6) is 5.75 Å². The van der Waals surface area contributed by atoms with Crippen LogP contribution < -0.4 is 9.64 Å². The standard InChI is InChI=1S/C28H31F3N2O5/c1-18(34)32(16-5-6-17-37-19(2)35)26-22-8-3-4-10-24(22)33(25-11-7-9-23(25)26)27(36)20-12-14-21(15-13-20)38-28(29,30)31/h3-4,8,10,12-15,23,25-26H,5-7,9,11,16-17H2,1-2H3/t23-,25+,26-/m0/s1. The molecule has 7 nitrogen and oxygen atoms in total. The van der Waals surface area contributed by atoms with Crippen LogP contribution in [0.1, 0.15) is 67.9 Å². The lowest BCUT2D eigenvalue weighted by molar-refractivity contribution is -0.274. The number of nitrogens with zero attached hydrogens (tertiary/aromatic N) is 2. The number of anilines is 1. The molecule has 1 aliphatic carbocycles. The molecule has 0 aromatic heterocycles. The van der Waals surface area contributed by atoms with Crippen molar-refractivity contribution in [2.75, 3.05) is 18.1 Å². The Kier molecular flexibility index (Phi) is 8.28. The van der Waals surface area contributed by atoms with Crippen LogP contribution in [0.25, 0.3) is 0 Å². The Morgan fingerprint density at radius 2 is 1.71 bits per heavy atom. The summed E-state index contributed by atoms with van der Waals surface area (Å²) in [6.45, 7) is 3.69. The number of halogens is 3. The zero-order valence-corrected chi connectivity index (χ0v) is 21.4. The van der Waals surface area contributed by atoms with E-state index >= 15 is 0 Å². The fraction of sp³-hybridized carbons (Fsp3) is 0.464. The SMILES string of the molecule is CC(=O)OCCCCN(C(C)=O)[C@H]1c2ccccc2N(C(=O)c2ccc(OC(F)(F)F)cc2)[C@@H]2CCC[C@@H]21. The summed E-state index contributed by atoms with van der Waals surface area (Å²) in [7, 11) is 0. The molecule has 0 bridgehead atoms. The minimum atomic E-state index is -4.81. The van der Waals surface area contributed by atoms with E-state index in [4.69, 9.17) is 4.74 Å². The van der Waals surface area contributed by atoms with Gasteiger partial charge in [0.05, 0.1) is 12.6 Å². The summed E-state index contributed by atoms with van der Waals surface area (Å²) in [4.78, 5) is 41.3. The average molecular weight is 533 g/mol. The van der Waals surface area contributed by atoms with Crippen molar-refractivity contribution in [3.05, 3.63) is 59.7 Å². The van der Waals surface area contributed by atoms with Gasteiger partial charge < -0.3 is 19.3 Å². The molecule has 0 unspecified atom stereocenters. The summed E-state index contributed by atoms with van der Waals surface area (Å²) in [6, 6.07) is 12.1. The lowest BCUT2D eigenvalue weighted by Crippen LogP contribution is -2.52. The topological polar surface area (TPSA) is 76.2 Å². The second-order valence-electron chi connectivity index (χ2n) is 9.67. The number of ether oxygens (including phenoxy) is 2. The van der Waals surface area contributed by atoms with Crippen molar-refractivity contribution >= 4 is 23.5 Å². The van der Waals surface area contributed by atoms with Gasteiger partial charge in [-0.15, -0.1) is 13.2 Å². The molecular weight excluding hydrogens is 501 g/mol. The number of esters is 1. The van der Waals surface area contributed by atoms with E-state index in [1.165, 1.54) is 19.1 Å². The molecule has 2 aromatic carbocycles. The number of carbonyl (C=O) groups is 3. The van der Waals surface area contributed by atoms with E-state index in [0.717, 1.165) is 37.0 Å². The van der Waals surface area contributed by atoms with Crippen molar-refractivity contribution in [1.82, 2.24) is 4.90 Å². The number of rotatable bonds is 8. The van der Waals surface area contributed by atoms with Crippen molar-refractivity contribution in [3.8, 4) is 5.75 Å². The van der Waals surface area contributed by atoms with E-state index in [-0.39, 0.29) is 41.3 Å². The Morgan fingerprint density at radius 1 is 1.00 bits per heavy atom. The van der Waals surface area contributed by atoms with Gasteiger partial charge in [-0.3, -0.25) is 14.4 Å². The highest BCUT2D eigenvalue weighted by Gasteiger charge is 2.48. The zero-order valence-electron chi connectivity index (χ0n) is 21.4. The molecule has 10 heteroatoms. The van der Waals surface area contributed by atoms with Crippen LogP contribution in [-0.2, 0) is 14.3 Å². The highest BCUT2D eigenvalue weighted by atomic mass is 19.4. The summed E-state index contributed by atoms with van der Waals surface area (Å²) in [5.74, 6) is -1.09. The first kappa shape index (κ1) is 27.5. The first-order chi connectivity index (χ1) is 18.1. The smallest absolute Gasteiger partial charge is 0.466 e. The van der Waals surface area contributed by atoms with Gasteiger partial charge in [-0.05, 0) is 61.6 Å². The molecule has 38 heavy (non-hydrogen) atoms. The highest BCUT2D eigenvalue weighted by molar-refractivity contribution is 6.07. The van der Waals surface area contributed by atoms with Crippen LogP contribution in [0.4, 0.5) is 18.9 Å². The van der Waals surface area contributed by atoms with Gasteiger partial charge in [0.25, 0.3) is 5.91 Å². The van der Waals surface area contributed by atoms with Crippen LogP contribution in [0.15, 0.2) is 48.5 Å². The van der Waals surface area contributed by atoms with Gasteiger partial charge in [0, 0.05) is 43.6 Å². The van der Waals surface area contributed by atoms with Gasteiger partial charge in [-0.1, -0.05) is 24.6 Å². The van der Waals surface area contributed by atoms with Crippen LogP contribution in [0, 0.1) is 5.92 Å². The molecule has 2 aromatic rings. The number of unbranched alkanes of at least 4 members (excludes halogenated alkanes) is 1. The van der Waals surface area contributed by atoms with Crippen molar-refractivity contribution in [3.63, 3.8) is 0 Å². The highest BCUT2D eigenvalue weighted by Crippen LogP contribution is 2.50. The van der Waals surface area contributed by atoms with Gasteiger partial charge in [-0.25, -0.2) is 0 Å². The Bertz CT molecular complexity index is 1170. The van der Waals surface area contributed by atoms with E-state index in [1.54, 1.807) is 11.8 Å². The van der Waals surface area contributed by atoms with E-state index in [9.17, 15) is 27.6 Å². The Morgan fingerprint density at radius 3 is 2.37 bits per heavy atom. The van der Waals surface area contributed by atoms with Gasteiger partial charge in [-0.2, -0.15) is 0 Å². The first-order valence-corrected chi connectivity index (χ1v) is 12.8. The lowest BCUT2D eigenvalue weighted by atomic mass is 9.81. The van der Waals surface area contributed by atoms with Crippen LogP contribution in [-0.4, -0.2) is 48.2 Å². The molecule has 4 rings (SSSR count). The summed E-state index contributed by atoms with van der Waals surface area (Å²) in [5.41, 5.74) is 1.83. The summed E-state index contributed by atoms with van der Waals surface area (Å²) < 4.78 is 46.7. The van der Waals surface area contributed by atoms with E-state index < -0.39 is 12.1 Å². The number of alkyl halides is 3. The van der Waals surface area contributed by atoms with Crippen molar-refractivity contribution < 1.29 is 37.0 Å². The zero-order chi connectivity index (χ0) is 27.4. The molecule has 1 saturated carbocycles. The largest absolute Gasteiger partial charge is 0.573 e. The second kappa shape index (κ2) is 11.4. The van der Waals surface area contributed by atoms with Crippen LogP contribution >= 0.6 is 0 Å². The number of fused-ring (bicyclic) bond motifs is 2. The molecule has 3 atom stereocenters. The van der Waals surface area contributed by atoms with Crippen LogP contribution in [0.2, 0.25) is 0 Å². The molecule has 0 spiro atoms. The Labute approximate surface area is 219 Å². The second-order valence-corrected chi connectivity index (χ2v) is 9.67. The molecule has 0 saturated heterocycles. The molecule has 1 heterocycles. The third-order valence-electron chi connectivity index (χ3n) is 7.18. The molecule has 0 radical (unpaired) electrons. The van der Waals surface area contributed by atoms with E-state index in [0.29, 0.717) is 31.7 Å². The predicted octanol–water partition coefficient (Wildman–Crippen LogP) is 5.65. The lowest BCUT2D eigenvalue weighted by Gasteiger charge is -2.47. The molecule has 1 aliphatic heterocycles. The quantitative estimate of drug-likeness (QED) is 0.325. The number of hydrogen-bond donors (Lipinski definition) is 0. The molecule has 0 N–H and O–H groups in total. The number of para-hydroxylation sites is 1. The maximum atomic E-state index is 13.8. The maximum Gasteiger partial charge on any atom is 0.573 e. The number of benzene rings is 2. The third-order valence-corrected chi connectivity index (χ3v) is 7.18. The maximum absolute atomic E-state index is 13.8. The third kappa shape index (κ3) is 6.11. The Hall–Kier alpha value is -3.56. The molecule has 1 fully saturated rings. The Balaban J connectivity index is 1.62. The summed E-state index contributed by atoms with van der Waals surface area (Å²) in [5, 5.41) is 0. The molecule has 2 amide bonds. The summed E-state index contributed by atoms with van der Waals surface area (Å²) >= 11 is 0. The van der Waals surface area contributed by atoms with Gasteiger partial charge in [0.2, 0.25) is 5.91 Å². The minimum Gasteiger partial charge on any atom is -0.466 e. The average Bonchev–Trinajstić information content (AvgIpc) is 3.33. The van der Waals surface area contributed by atoms with Crippen LogP contribution in [0.3, 0.4) is 0 Å². The fourth-order valence-electron chi connectivity index (χ4n) is 5.71. The van der Waals surface area contributed by atoms with E-state index in [1.807, 2.05) is 29.2 Å². The number of amides is 2. The monoisotopic (exact) mass is 532 g/mol. The number of carbonyl (C=O) groups excluding carboxylic acids is 3. The van der Waals surface area contributed by atoms with Crippen molar-refractivity contribution in [2.45, 2.75) is 64.4 Å². The number of hydrogen-bond acceptors (Lipinski definition) is 5. The normalized spacial score (nSPS) is 20.3. The molecule has 204 valence electrons. The summed E-state index contributed by atoms with van der Waals surface area (Å²) in [6.07, 6.45) is -1.03. The predicted molar refractivity (Wildman–Crippen MR) is 134 cm³/mol. The van der Waals surface area contributed by atoms with Gasteiger partial charge >= 0.3 is 12.3 Å². The minimum absolute atomic E-state index is 0.0130. The van der Waals surface area contributed by atoms with Crippen molar-refractivity contribution in [2.24, 2.45) is 5.92 Å². The molecular formula is C28H31F3N2O5. The molecule has 2 aliphatic rings. The van der Waals surface area contributed by atoms with Gasteiger partial charge in [0.15, 0.2) is 0 Å². The van der Waals surface area contributed by atoms with Gasteiger partial charge in [0.1, 0.15) is 5.75 Å². The first-order valence-electron chi connectivity index (χ1n) is 12.8. The fourth-order valence-corrected chi connectivity index (χ4v) is 5.71.